The SMILES string of the molecule is COc1cc(NS(=O)(=O)c2ccc(NC(=S)NC(=O)/C=C/c3ccc(C)cc3)cc2)nc(OC)n1. The number of anilines is 2. The minimum atomic E-state index is -3.95. The van der Waals surface area contributed by atoms with E-state index in [9.17, 15) is 13.2 Å². The molecule has 10 nitrogen and oxygen atoms in total. The highest BCUT2D eigenvalue weighted by molar-refractivity contribution is 7.92. The van der Waals surface area contributed by atoms with Crippen LogP contribution in [0.3, 0.4) is 0 Å². The Morgan fingerprint density at radius 1 is 1.00 bits per heavy atom. The second-order valence-corrected chi connectivity index (χ2v) is 9.19. The van der Waals surface area contributed by atoms with Gasteiger partial charge in [0.25, 0.3) is 10.0 Å². The average molecular weight is 514 g/mol. The molecule has 2 aromatic carbocycles. The lowest BCUT2D eigenvalue weighted by Crippen LogP contribution is -2.32. The maximum Gasteiger partial charge on any atom is 0.321 e. The fourth-order valence-corrected chi connectivity index (χ4v) is 3.94. The molecular formula is C23H23N5O5S2. The summed E-state index contributed by atoms with van der Waals surface area (Å²) in [6.07, 6.45) is 3.05. The van der Waals surface area contributed by atoms with Gasteiger partial charge in [0.2, 0.25) is 11.8 Å². The van der Waals surface area contributed by atoms with Gasteiger partial charge in [-0.3, -0.25) is 14.8 Å². The molecule has 0 aliphatic heterocycles. The van der Waals surface area contributed by atoms with Gasteiger partial charge < -0.3 is 14.8 Å². The van der Waals surface area contributed by atoms with E-state index in [4.69, 9.17) is 21.7 Å². The number of ether oxygens (including phenoxy) is 2. The fraction of sp³-hybridized carbons (Fsp3) is 0.130. The van der Waals surface area contributed by atoms with Crippen LogP contribution in [0.25, 0.3) is 6.08 Å². The molecule has 35 heavy (non-hydrogen) atoms. The van der Waals surface area contributed by atoms with Crippen LogP contribution in [-0.4, -0.2) is 43.6 Å². The van der Waals surface area contributed by atoms with Crippen LogP contribution in [0.15, 0.2) is 65.6 Å². The average Bonchev–Trinajstić information content (AvgIpc) is 2.83. The number of benzene rings is 2. The number of nitrogens with one attached hydrogen (secondary N) is 3. The molecule has 0 unspecified atom stereocenters. The number of nitrogens with zero attached hydrogens (tertiary/aromatic N) is 2. The van der Waals surface area contributed by atoms with Crippen LogP contribution >= 0.6 is 12.2 Å². The molecule has 0 bridgehead atoms. The van der Waals surface area contributed by atoms with Gasteiger partial charge in [0, 0.05) is 17.8 Å². The number of aromatic nitrogens is 2. The maximum absolute atomic E-state index is 12.7. The smallest absolute Gasteiger partial charge is 0.321 e. The predicted octanol–water partition coefficient (Wildman–Crippen LogP) is 3.13. The van der Waals surface area contributed by atoms with E-state index in [0.29, 0.717) is 5.69 Å². The quantitative estimate of drug-likeness (QED) is 0.307. The predicted molar refractivity (Wildman–Crippen MR) is 137 cm³/mol. The largest absolute Gasteiger partial charge is 0.481 e. The van der Waals surface area contributed by atoms with Crippen molar-refractivity contribution in [3.05, 3.63) is 71.8 Å². The molecule has 0 spiro atoms. The summed E-state index contributed by atoms with van der Waals surface area (Å²) >= 11 is 5.16. The molecule has 0 aliphatic rings. The zero-order valence-electron chi connectivity index (χ0n) is 19.1. The highest BCUT2D eigenvalue weighted by Gasteiger charge is 2.17. The molecule has 0 radical (unpaired) electrons. The van der Waals surface area contributed by atoms with Crippen LogP contribution in [-0.2, 0) is 14.8 Å². The van der Waals surface area contributed by atoms with Crippen molar-refractivity contribution in [3.8, 4) is 11.9 Å². The third-order valence-electron chi connectivity index (χ3n) is 4.48. The molecule has 0 saturated heterocycles. The summed E-state index contributed by atoms with van der Waals surface area (Å²) in [4.78, 5) is 19.9. The van der Waals surface area contributed by atoms with Crippen molar-refractivity contribution in [1.29, 1.82) is 0 Å². The van der Waals surface area contributed by atoms with Gasteiger partial charge in [0.15, 0.2) is 10.9 Å². The topological polar surface area (TPSA) is 132 Å². The van der Waals surface area contributed by atoms with E-state index in [1.54, 1.807) is 6.08 Å². The molecule has 12 heteroatoms. The first-order chi connectivity index (χ1) is 16.7. The lowest BCUT2D eigenvalue weighted by molar-refractivity contribution is -0.115. The standard InChI is InChI=1S/C23H23N5O5S2/c1-15-4-6-16(7-5-15)8-13-20(29)26-23(34)24-17-9-11-18(12-10-17)35(30,31)28-19-14-21(32-2)27-22(25-19)33-3/h4-14H,1-3H3,(H,25,27,28)(H2,24,26,29,34)/b13-8+. The van der Waals surface area contributed by atoms with Crippen LogP contribution in [0.4, 0.5) is 11.5 Å². The molecule has 3 N–H and O–H groups in total. The molecule has 1 aromatic heterocycles. The van der Waals surface area contributed by atoms with E-state index in [1.807, 2.05) is 31.2 Å². The van der Waals surface area contributed by atoms with Gasteiger partial charge in [-0.15, -0.1) is 0 Å². The summed E-state index contributed by atoms with van der Waals surface area (Å²) in [6, 6.07) is 14.7. The first kappa shape index (κ1) is 25.6. The summed E-state index contributed by atoms with van der Waals surface area (Å²) in [7, 11) is -1.21. The van der Waals surface area contributed by atoms with E-state index in [2.05, 4.69) is 25.3 Å². The number of carbonyl (C=O) groups excluding carboxylic acids is 1. The molecule has 0 atom stereocenters. The summed E-state index contributed by atoms with van der Waals surface area (Å²) in [6.45, 7) is 1.98. The number of hydrogen-bond acceptors (Lipinski definition) is 8. The highest BCUT2D eigenvalue weighted by Crippen LogP contribution is 2.21. The normalized spacial score (nSPS) is 11.1. The lowest BCUT2D eigenvalue weighted by Gasteiger charge is -2.11. The van der Waals surface area contributed by atoms with E-state index in [1.165, 1.54) is 50.6 Å². The summed E-state index contributed by atoms with van der Waals surface area (Å²) in [5, 5.41) is 5.44. The van der Waals surface area contributed by atoms with Gasteiger partial charge in [-0.2, -0.15) is 9.97 Å². The van der Waals surface area contributed by atoms with Gasteiger partial charge in [-0.25, -0.2) is 8.42 Å². The fourth-order valence-electron chi connectivity index (χ4n) is 2.73. The molecule has 3 rings (SSSR count). The van der Waals surface area contributed by atoms with Crippen molar-refractivity contribution in [1.82, 2.24) is 15.3 Å². The zero-order chi connectivity index (χ0) is 25.4. The summed E-state index contributed by atoms with van der Waals surface area (Å²) in [5.41, 5.74) is 2.50. The summed E-state index contributed by atoms with van der Waals surface area (Å²) in [5.74, 6) is -0.279. The van der Waals surface area contributed by atoms with Gasteiger partial charge >= 0.3 is 6.01 Å². The van der Waals surface area contributed by atoms with Crippen LogP contribution in [0.2, 0.25) is 0 Å². The van der Waals surface area contributed by atoms with Gasteiger partial charge in [0.05, 0.1) is 19.1 Å². The number of carbonyl (C=O) groups is 1. The highest BCUT2D eigenvalue weighted by atomic mass is 32.2. The molecule has 0 aliphatic carbocycles. The second-order valence-electron chi connectivity index (χ2n) is 7.10. The summed E-state index contributed by atoms with van der Waals surface area (Å²) < 4.78 is 37.8. The Labute approximate surface area is 208 Å². The van der Waals surface area contributed by atoms with E-state index in [-0.39, 0.29) is 27.7 Å². The number of thiocarbonyl (C=S) groups is 1. The van der Waals surface area contributed by atoms with E-state index < -0.39 is 15.9 Å². The minimum Gasteiger partial charge on any atom is -0.481 e. The molecule has 1 heterocycles. The van der Waals surface area contributed by atoms with Crippen molar-refractivity contribution < 1.29 is 22.7 Å². The third-order valence-corrected chi connectivity index (χ3v) is 6.05. The zero-order valence-corrected chi connectivity index (χ0v) is 20.7. The van der Waals surface area contributed by atoms with Crippen LogP contribution in [0.1, 0.15) is 11.1 Å². The third kappa shape index (κ3) is 7.48. The molecule has 1 amide bonds. The number of methoxy groups -OCH3 is 2. The van der Waals surface area contributed by atoms with Crippen molar-refractivity contribution in [2.45, 2.75) is 11.8 Å². The van der Waals surface area contributed by atoms with Crippen LogP contribution in [0.5, 0.6) is 11.9 Å². The molecule has 0 fully saturated rings. The van der Waals surface area contributed by atoms with E-state index in [0.717, 1.165) is 11.1 Å². The van der Waals surface area contributed by atoms with Crippen LogP contribution < -0.4 is 24.8 Å². The minimum absolute atomic E-state index is 0.0153. The lowest BCUT2D eigenvalue weighted by atomic mass is 10.1. The van der Waals surface area contributed by atoms with Crippen molar-refractivity contribution >= 4 is 50.8 Å². The van der Waals surface area contributed by atoms with E-state index >= 15 is 0 Å². The first-order valence-electron chi connectivity index (χ1n) is 10.1. The first-order valence-corrected chi connectivity index (χ1v) is 12.0. The molecule has 182 valence electrons. The Balaban J connectivity index is 1.60. The van der Waals surface area contributed by atoms with Crippen molar-refractivity contribution in [2.75, 3.05) is 24.3 Å². The Morgan fingerprint density at radius 3 is 2.31 bits per heavy atom. The number of amides is 1. The molecular weight excluding hydrogens is 490 g/mol. The van der Waals surface area contributed by atoms with Crippen molar-refractivity contribution in [3.63, 3.8) is 0 Å². The number of aryl methyl sites for hydroxylation is 1. The van der Waals surface area contributed by atoms with Crippen molar-refractivity contribution in [2.24, 2.45) is 0 Å². The second kappa shape index (κ2) is 11.4. The Bertz CT molecular complexity index is 1320. The van der Waals surface area contributed by atoms with Gasteiger partial charge in [0.1, 0.15) is 0 Å². The van der Waals surface area contributed by atoms with Gasteiger partial charge in [-0.05, 0) is 55.0 Å². The van der Waals surface area contributed by atoms with Crippen LogP contribution in [0, 0.1) is 6.92 Å². The number of rotatable bonds is 8. The number of sulfonamides is 1. The molecule has 0 saturated carbocycles. The Morgan fingerprint density at radius 2 is 1.69 bits per heavy atom. The Kier molecular flexibility index (Phi) is 8.34. The maximum atomic E-state index is 12.7. The van der Waals surface area contributed by atoms with Gasteiger partial charge in [-0.1, -0.05) is 29.8 Å². The Hall–Kier alpha value is -4.03. The monoisotopic (exact) mass is 513 g/mol. The molecule has 3 aromatic rings. The number of hydrogen-bond donors (Lipinski definition) is 3.